The van der Waals surface area contributed by atoms with Crippen LogP contribution in [-0.4, -0.2) is 37.1 Å². The molecule has 2 aromatic carbocycles. The van der Waals surface area contributed by atoms with Gasteiger partial charge in [0, 0.05) is 5.69 Å². The summed E-state index contributed by atoms with van der Waals surface area (Å²) in [5.41, 5.74) is 1.95. The maximum Gasteiger partial charge on any atom is 0.279 e. The van der Waals surface area contributed by atoms with Gasteiger partial charge in [-0.2, -0.15) is 0 Å². The van der Waals surface area contributed by atoms with Gasteiger partial charge in [0.2, 0.25) is 0 Å². The molecule has 0 aliphatic heterocycles. The highest BCUT2D eigenvalue weighted by molar-refractivity contribution is 5.91. The second-order valence-electron chi connectivity index (χ2n) is 7.72. The molecule has 2 aromatic rings. The minimum absolute atomic E-state index is 0.0693. The van der Waals surface area contributed by atoms with E-state index in [9.17, 15) is 4.79 Å². The third-order valence-electron chi connectivity index (χ3n) is 5.25. The summed E-state index contributed by atoms with van der Waals surface area (Å²) in [5.74, 6) is 0.869. The normalized spacial score (nSPS) is 15.0. The number of hydrogen-bond acceptors (Lipinski definition) is 2. The number of anilines is 1. The van der Waals surface area contributed by atoms with E-state index in [-0.39, 0.29) is 5.91 Å². The highest BCUT2D eigenvalue weighted by Gasteiger charge is 2.32. The summed E-state index contributed by atoms with van der Waals surface area (Å²) in [6.45, 7) is 1.05. The highest BCUT2D eigenvalue weighted by Crippen LogP contribution is 2.26. The first-order chi connectivity index (χ1) is 12.5. The zero-order chi connectivity index (χ0) is 18.4. The number of nitrogens with one attached hydrogen (secondary N) is 1. The number of amides is 1. The average molecular weight is 353 g/mol. The topological polar surface area (TPSA) is 38.3 Å². The van der Waals surface area contributed by atoms with Crippen LogP contribution in [0.25, 0.3) is 0 Å². The zero-order valence-electron chi connectivity index (χ0n) is 15.8. The van der Waals surface area contributed by atoms with Crippen molar-refractivity contribution in [3.63, 3.8) is 0 Å². The number of likely N-dealkylation sites (N-methyl/N-ethyl adjacent to an activating group) is 1. The molecular weight excluding hydrogens is 324 g/mol. The first kappa shape index (κ1) is 18.5. The van der Waals surface area contributed by atoms with Crippen LogP contribution in [-0.2, 0) is 11.4 Å². The molecule has 0 unspecified atom stereocenters. The Labute approximate surface area is 156 Å². The number of quaternary nitrogens is 1. The SMILES string of the molecule is C[N+](C)(CC(=O)Nc1ccc(OCc2ccccc2)cc1)C1CCCC1. The van der Waals surface area contributed by atoms with Crippen LogP contribution < -0.4 is 10.1 Å². The van der Waals surface area contributed by atoms with Crippen molar-refractivity contribution in [1.82, 2.24) is 0 Å². The summed E-state index contributed by atoms with van der Waals surface area (Å²) in [4.78, 5) is 12.4. The number of benzene rings is 2. The summed E-state index contributed by atoms with van der Waals surface area (Å²) in [5, 5.41) is 3.01. The summed E-state index contributed by atoms with van der Waals surface area (Å²) in [6, 6.07) is 18.3. The van der Waals surface area contributed by atoms with E-state index >= 15 is 0 Å². The summed E-state index contributed by atoms with van der Waals surface area (Å²) >= 11 is 0. The lowest BCUT2D eigenvalue weighted by Gasteiger charge is -2.35. The van der Waals surface area contributed by atoms with Gasteiger partial charge < -0.3 is 14.5 Å². The van der Waals surface area contributed by atoms with Gasteiger partial charge in [-0.1, -0.05) is 30.3 Å². The Morgan fingerprint density at radius 1 is 1.04 bits per heavy atom. The second-order valence-corrected chi connectivity index (χ2v) is 7.72. The lowest BCUT2D eigenvalue weighted by Crippen LogP contribution is -2.51. The van der Waals surface area contributed by atoms with Crippen molar-refractivity contribution < 1.29 is 14.0 Å². The second kappa shape index (κ2) is 8.37. The lowest BCUT2D eigenvalue weighted by atomic mass is 10.2. The van der Waals surface area contributed by atoms with E-state index in [0.717, 1.165) is 21.5 Å². The Bertz CT molecular complexity index is 705. The number of nitrogens with zero attached hydrogens (tertiary/aromatic N) is 1. The van der Waals surface area contributed by atoms with Gasteiger partial charge in [0.15, 0.2) is 6.54 Å². The molecule has 0 saturated heterocycles. The molecule has 4 heteroatoms. The Kier molecular flexibility index (Phi) is 5.94. The van der Waals surface area contributed by atoms with Crippen molar-refractivity contribution in [2.75, 3.05) is 26.0 Å². The number of carbonyl (C=O) groups excluding carboxylic acids is 1. The van der Waals surface area contributed by atoms with E-state index in [0.29, 0.717) is 19.2 Å². The van der Waals surface area contributed by atoms with E-state index in [1.165, 1.54) is 25.7 Å². The number of hydrogen-bond donors (Lipinski definition) is 1. The van der Waals surface area contributed by atoms with E-state index in [2.05, 4.69) is 19.4 Å². The molecule has 0 heterocycles. The molecule has 0 atom stereocenters. The Morgan fingerprint density at radius 3 is 2.35 bits per heavy atom. The largest absolute Gasteiger partial charge is 0.489 e. The molecule has 0 radical (unpaired) electrons. The number of rotatable bonds is 7. The summed E-state index contributed by atoms with van der Waals surface area (Å²) in [7, 11) is 4.33. The number of carbonyl (C=O) groups is 1. The fraction of sp³-hybridized carbons (Fsp3) is 0.409. The monoisotopic (exact) mass is 353 g/mol. The lowest BCUT2D eigenvalue weighted by molar-refractivity contribution is -0.906. The van der Waals surface area contributed by atoms with Gasteiger partial charge in [-0.25, -0.2) is 0 Å². The van der Waals surface area contributed by atoms with Gasteiger partial charge in [0.1, 0.15) is 12.4 Å². The Hall–Kier alpha value is -2.33. The van der Waals surface area contributed by atoms with E-state index in [4.69, 9.17) is 4.74 Å². The first-order valence-electron chi connectivity index (χ1n) is 9.42. The molecule has 0 bridgehead atoms. The van der Waals surface area contributed by atoms with Gasteiger partial charge in [-0.15, -0.1) is 0 Å². The minimum atomic E-state index is 0.0693. The maximum absolute atomic E-state index is 12.4. The maximum atomic E-state index is 12.4. The van der Waals surface area contributed by atoms with Crippen molar-refractivity contribution in [1.29, 1.82) is 0 Å². The van der Waals surface area contributed by atoms with Crippen LogP contribution in [0, 0.1) is 0 Å². The van der Waals surface area contributed by atoms with Crippen LogP contribution in [0.4, 0.5) is 5.69 Å². The quantitative estimate of drug-likeness (QED) is 0.757. The molecule has 1 aliphatic carbocycles. The predicted octanol–water partition coefficient (Wildman–Crippen LogP) is 4.22. The summed E-state index contributed by atoms with van der Waals surface area (Å²) < 4.78 is 6.55. The minimum Gasteiger partial charge on any atom is -0.489 e. The fourth-order valence-electron chi connectivity index (χ4n) is 3.68. The van der Waals surface area contributed by atoms with Crippen LogP contribution in [0.1, 0.15) is 31.2 Å². The molecule has 0 aromatic heterocycles. The van der Waals surface area contributed by atoms with Crippen LogP contribution >= 0.6 is 0 Å². The van der Waals surface area contributed by atoms with Crippen molar-refractivity contribution in [2.45, 2.75) is 38.3 Å². The fourth-order valence-corrected chi connectivity index (χ4v) is 3.68. The highest BCUT2D eigenvalue weighted by atomic mass is 16.5. The Balaban J connectivity index is 1.49. The smallest absolute Gasteiger partial charge is 0.279 e. The Morgan fingerprint density at radius 2 is 1.69 bits per heavy atom. The molecule has 1 N–H and O–H groups in total. The van der Waals surface area contributed by atoms with Crippen molar-refractivity contribution in [3.05, 3.63) is 60.2 Å². The van der Waals surface area contributed by atoms with Gasteiger partial charge in [0.25, 0.3) is 5.91 Å². The molecule has 1 fully saturated rings. The van der Waals surface area contributed by atoms with Gasteiger partial charge in [-0.05, 0) is 55.5 Å². The van der Waals surface area contributed by atoms with Crippen LogP contribution in [0.15, 0.2) is 54.6 Å². The first-order valence-corrected chi connectivity index (χ1v) is 9.42. The molecule has 1 amide bonds. The molecular formula is C22H29N2O2+. The average Bonchev–Trinajstić information content (AvgIpc) is 3.17. The van der Waals surface area contributed by atoms with Gasteiger partial charge in [0.05, 0.1) is 20.1 Å². The number of ether oxygens (including phenoxy) is 1. The molecule has 1 aliphatic rings. The van der Waals surface area contributed by atoms with Crippen molar-refractivity contribution >= 4 is 11.6 Å². The van der Waals surface area contributed by atoms with E-state index in [1.807, 2.05) is 54.6 Å². The molecule has 26 heavy (non-hydrogen) atoms. The molecule has 4 nitrogen and oxygen atoms in total. The van der Waals surface area contributed by atoms with E-state index in [1.54, 1.807) is 0 Å². The molecule has 138 valence electrons. The summed E-state index contributed by atoms with van der Waals surface area (Å²) in [6.07, 6.45) is 5.04. The van der Waals surface area contributed by atoms with Gasteiger partial charge in [-0.3, -0.25) is 4.79 Å². The molecule has 1 saturated carbocycles. The van der Waals surface area contributed by atoms with Crippen molar-refractivity contribution in [3.8, 4) is 5.75 Å². The predicted molar refractivity (Wildman–Crippen MR) is 105 cm³/mol. The van der Waals surface area contributed by atoms with Crippen LogP contribution in [0.3, 0.4) is 0 Å². The third kappa shape index (κ3) is 5.09. The van der Waals surface area contributed by atoms with Crippen molar-refractivity contribution in [2.24, 2.45) is 0 Å². The zero-order valence-corrected chi connectivity index (χ0v) is 15.8. The third-order valence-corrected chi connectivity index (χ3v) is 5.25. The standard InChI is InChI=1S/C22H28N2O2/c1-24(2,20-10-6-7-11-20)16-22(25)23-19-12-14-21(15-13-19)26-17-18-8-4-3-5-9-18/h3-5,8-9,12-15,20H,6-7,10-11,16-17H2,1-2H3/p+1. The van der Waals surface area contributed by atoms with Gasteiger partial charge >= 0.3 is 0 Å². The van der Waals surface area contributed by atoms with E-state index < -0.39 is 0 Å². The molecule has 0 spiro atoms. The van der Waals surface area contributed by atoms with Crippen LogP contribution in [0.5, 0.6) is 5.75 Å². The molecule has 3 rings (SSSR count). The van der Waals surface area contributed by atoms with Crippen LogP contribution in [0.2, 0.25) is 0 Å².